The van der Waals surface area contributed by atoms with Gasteiger partial charge in [-0.25, -0.2) is 4.79 Å². The Morgan fingerprint density at radius 1 is 1.35 bits per heavy atom. The van der Waals surface area contributed by atoms with Gasteiger partial charge in [-0.3, -0.25) is 9.89 Å². The topological polar surface area (TPSA) is 95.5 Å². The standard InChI is InChI=1S/C18H21N3O4S/c1-10-15(11(2)20-19-10)16(22)21-6-4-18(5-7-21)12-9-14(17(23)24)26-13(12)3-8-25-18/h9H,3-8H2,1-2H3,(H,19,20)(H,23,24). The van der Waals surface area contributed by atoms with Crippen LogP contribution in [0.2, 0.25) is 0 Å². The van der Waals surface area contributed by atoms with Crippen molar-refractivity contribution in [1.29, 1.82) is 0 Å². The lowest BCUT2D eigenvalue weighted by Crippen LogP contribution is -2.48. The molecule has 0 radical (unpaired) electrons. The first-order valence-corrected chi connectivity index (χ1v) is 9.54. The van der Waals surface area contributed by atoms with Crippen LogP contribution >= 0.6 is 11.3 Å². The second-order valence-electron chi connectivity index (χ2n) is 6.95. The van der Waals surface area contributed by atoms with Crippen LogP contribution in [0.3, 0.4) is 0 Å². The number of carbonyl (C=O) groups is 2. The lowest BCUT2D eigenvalue weighted by atomic mass is 9.82. The minimum atomic E-state index is -0.891. The molecule has 0 aromatic carbocycles. The third kappa shape index (κ3) is 2.64. The Morgan fingerprint density at radius 2 is 2.08 bits per heavy atom. The Kier molecular flexibility index (Phi) is 4.11. The SMILES string of the molecule is Cc1n[nH]c(C)c1C(=O)N1CCC2(CC1)OCCc1sc(C(=O)O)cc12. The number of fused-ring (bicyclic) bond motifs is 2. The Bertz CT molecular complexity index is 858. The van der Waals surface area contributed by atoms with Gasteiger partial charge in [-0.15, -0.1) is 11.3 Å². The molecule has 4 heterocycles. The number of H-pyrrole nitrogens is 1. The van der Waals surface area contributed by atoms with E-state index in [1.807, 2.05) is 18.7 Å². The third-order valence-electron chi connectivity index (χ3n) is 5.42. The Labute approximate surface area is 155 Å². The number of aromatic amines is 1. The molecule has 26 heavy (non-hydrogen) atoms. The minimum absolute atomic E-state index is 0.00354. The van der Waals surface area contributed by atoms with Crippen molar-refractivity contribution in [1.82, 2.24) is 15.1 Å². The smallest absolute Gasteiger partial charge is 0.345 e. The monoisotopic (exact) mass is 375 g/mol. The van der Waals surface area contributed by atoms with E-state index in [4.69, 9.17) is 4.74 Å². The Balaban J connectivity index is 1.56. The first-order chi connectivity index (χ1) is 12.4. The van der Waals surface area contributed by atoms with Gasteiger partial charge in [-0.1, -0.05) is 0 Å². The van der Waals surface area contributed by atoms with Gasteiger partial charge in [-0.2, -0.15) is 5.10 Å². The molecule has 0 aliphatic carbocycles. The van der Waals surface area contributed by atoms with Crippen molar-refractivity contribution < 1.29 is 19.4 Å². The zero-order valence-corrected chi connectivity index (χ0v) is 15.6. The van der Waals surface area contributed by atoms with Crippen molar-refractivity contribution in [2.24, 2.45) is 0 Å². The number of piperidine rings is 1. The van der Waals surface area contributed by atoms with E-state index in [1.54, 1.807) is 6.07 Å². The zero-order valence-electron chi connectivity index (χ0n) is 14.8. The van der Waals surface area contributed by atoms with Crippen LogP contribution in [0.15, 0.2) is 6.07 Å². The van der Waals surface area contributed by atoms with Crippen molar-refractivity contribution in [2.75, 3.05) is 19.7 Å². The van der Waals surface area contributed by atoms with Crippen molar-refractivity contribution in [3.63, 3.8) is 0 Å². The second kappa shape index (κ2) is 6.21. The fourth-order valence-electron chi connectivity index (χ4n) is 4.03. The normalized spacial score (nSPS) is 18.8. The number of amides is 1. The molecule has 2 aromatic heterocycles. The van der Waals surface area contributed by atoms with Gasteiger partial charge in [0.15, 0.2) is 0 Å². The largest absolute Gasteiger partial charge is 0.477 e. The Morgan fingerprint density at radius 3 is 2.69 bits per heavy atom. The molecular weight excluding hydrogens is 354 g/mol. The van der Waals surface area contributed by atoms with Crippen molar-refractivity contribution >= 4 is 23.2 Å². The van der Waals surface area contributed by atoms with Gasteiger partial charge in [0.1, 0.15) is 4.88 Å². The maximum atomic E-state index is 12.9. The molecule has 1 spiro atoms. The summed E-state index contributed by atoms with van der Waals surface area (Å²) < 4.78 is 6.15. The number of hydrogen-bond acceptors (Lipinski definition) is 5. The molecule has 0 atom stereocenters. The molecule has 0 bridgehead atoms. The summed E-state index contributed by atoms with van der Waals surface area (Å²) >= 11 is 1.35. The summed E-state index contributed by atoms with van der Waals surface area (Å²) in [7, 11) is 0. The van der Waals surface area contributed by atoms with Gasteiger partial charge < -0.3 is 14.7 Å². The van der Waals surface area contributed by atoms with E-state index in [1.165, 1.54) is 11.3 Å². The fourth-order valence-corrected chi connectivity index (χ4v) is 5.10. The summed E-state index contributed by atoms with van der Waals surface area (Å²) in [6, 6.07) is 1.77. The Hall–Kier alpha value is -2.19. The number of carbonyl (C=O) groups excluding carboxylic acids is 1. The molecule has 1 fully saturated rings. The number of nitrogens with one attached hydrogen (secondary N) is 1. The molecule has 8 heteroatoms. The maximum Gasteiger partial charge on any atom is 0.345 e. The molecular formula is C18H21N3O4S. The molecule has 0 unspecified atom stereocenters. The van der Waals surface area contributed by atoms with E-state index in [0.717, 1.165) is 22.6 Å². The highest BCUT2D eigenvalue weighted by Gasteiger charge is 2.43. The van der Waals surface area contributed by atoms with Crippen molar-refractivity contribution in [2.45, 2.75) is 38.7 Å². The maximum absolute atomic E-state index is 12.9. The van der Waals surface area contributed by atoms with Crippen LogP contribution in [0.1, 0.15) is 54.7 Å². The highest BCUT2D eigenvalue weighted by molar-refractivity contribution is 7.14. The average molecular weight is 375 g/mol. The van der Waals surface area contributed by atoms with Gasteiger partial charge in [0, 0.05) is 30.1 Å². The van der Waals surface area contributed by atoms with E-state index in [2.05, 4.69) is 10.2 Å². The number of aryl methyl sites for hydroxylation is 2. The van der Waals surface area contributed by atoms with Gasteiger partial charge in [0.25, 0.3) is 5.91 Å². The third-order valence-corrected chi connectivity index (χ3v) is 6.60. The van der Waals surface area contributed by atoms with Crippen LogP contribution in [-0.4, -0.2) is 51.8 Å². The number of likely N-dealkylation sites (tertiary alicyclic amines) is 1. The average Bonchev–Trinajstić information content (AvgIpc) is 3.20. The number of aromatic nitrogens is 2. The summed E-state index contributed by atoms with van der Waals surface area (Å²) in [5.41, 5.74) is 2.69. The number of hydrogen-bond donors (Lipinski definition) is 2. The van der Waals surface area contributed by atoms with E-state index in [0.29, 0.717) is 48.7 Å². The lowest BCUT2D eigenvalue weighted by Gasteiger charge is -2.44. The van der Waals surface area contributed by atoms with Gasteiger partial charge in [-0.05, 0) is 38.3 Å². The highest BCUT2D eigenvalue weighted by atomic mass is 32.1. The van der Waals surface area contributed by atoms with Crippen molar-refractivity contribution in [3.05, 3.63) is 38.3 Å². The number of rotatable bonds is 2. The number of carboxylic acid groups (broad SMARTS) is 1. The molecule has 2 aliphatic heterocycles. The molecule has 2 N–H and O–H groups in total. The zero-order chi connectivity index (χ0) is 18.5. The number of thiophene rings is 1. The number of carboxylic acids is 1. The predicted molar refractivity (Wildman–Crippen MR) is 95.8 cm³/mol. The van der Waals surface area contributed by atoms with Crippen LogP contribution < -0.4 is 0 Å². The second-order valence-corrected chi connectivity index (χ2v) is 8.08. The summed E-state index contributed by atoms with van der Waals surface area (Å²) in [4.78, 5) is 27.5. The quantitative estimate of drug-likeness (QED) is 0.841. The number of aromatic carboxylic acids is 1. The molecule has 4 rings (SSSR count). The van der Waals surface area contributed by atoms with Crippen LogP contribution in [0.25, 0.3) is 0 Å². The van der Waals surface area contributed by atoms with Crippen LogP contribution in [0.5, 0.6) is 0 Å². The molecule has 138 valence electrons. The predicted octanol–water partition coefficient (Wildman–Crippen LogP) is 2.49. The molecule has 2 aliphatic rings. The fraction of sp³-hybridized carbons (Fsp3) is 0.500. The van der Waals surface area contributed by atoms with Crippen LogP contribution in [0.4, 0.5) is 0 Å². The molecule has 2 aromatic rings. The van der Waals surface area contributed by atoms with Gasteiger partial charge >= 0.3 is 5.97 Å². The summed E-state index contributed by atoms with van der Waals surface area (Å²) in [5.74, 6) is -0.894. The van der Waals surface area contributed by atoms with Crippen LogP contribution in [-0.2, 0) is 16.8 Å². The summed E-state index contributed by atoms with van der Waals surface area (Å²) in [5, 5.41) is 16.3. The van der Waals surface area contributed by atoms with E-state index in [9.17, 15) is 14.7 Å². The number of nitrogens with zero attached hydrogens (tertiary/aromatic N) is 2. The van der Waals surface area contributed by atoms with E-state index < -0.39 is 11.6 Å². The lowest BCUT2D eigenvalue weighted by molar-refractivity contribution is -0.0926. The summed E-state index contributed by atoms with van der Waals surface area (Å²) in [6.07, 6.45) is 2.11. The number of ether oxygens (including phenoxy) is 1. The molecule has 7 nitrogen and oxygen atoms in total. The first-order valence-electron chi connectivity index (χ1n) is 8.72. The van der Waals surface area contributed by atoms with Gasteiger partial charge in [0.2, 0.25) is 0 Å². The minimum Gasteiger partial charge on any atom is -0.477 e. The molecule has 0 saturated carbocycles. The highest BCUT2D eigenvalue weighted by Crippen LogP contribution is 2.44. The van der Waals surface area contributed by atoms with Crippen LogP contribution in [0, 0.1) is 13.8 Å². The van der Waals surface area contributed by atoms with Crippen molar-refractivity contribution in [3.8, 4) is 0 Å². The molecule has 1 saturated heterocycles. The van der Waals surface area contributed by atoms with E-state index >= 15 is 0 Å². The molecule has 1 amide bonds. The van der Waals surface area contributed by atoms with E-state index in [-0.39, 0.29) is 5.91 Å². The van der Waals surface area contributed by atoms with Gasteiger partial charge in [0.05, 0.1) is 23.5 Å². The summed E-state index contributed by atoms with van der Waals surface area (Å²) in [6.45, 7) is 5.45. The first kappa shape index (κ1) is 17.2.